The number of hydrogen-bond donors (Lipinski definition) is 0. The van der Waals surface area contributed by atoms with Crippen LogP contribution in [0, 0.1) is 0 Å². The Labute approximate surface area is 127 Å². The van der Waals surface area contributed by atoms with Gasteiger partial charge in [0.1, 0.15) is 0 Å². The zero-order chi connectivity index (χ0) is 14.9. The molecule has 1 aromatic heterocycles. The fourth-order valence-electron chi connectivity index (χ4n) is 3.04. The van der Waals surface area contributed by atoms with Gasteiger partial charge in [0.05, 0.1) is 11.3 Å². The van der Waals surface area contributed by atoms with Crippen molar-refractivity contribution in [2.75, 3.05) is 0 Å². The fraction of sp³-hybridized carbons (Fsp3) is 0.368. The molecule has 21 heavy (non-hydrogen) atoms. The summed E-state index contributed by atoms with van der Waals surface area (Å²) in [4.78, 5) is 9.42. The van der Waals surface area contributed by atoms with Crippen LogP contribution in [-0.4, -0.2) is 16.2 Å². The molecule has 2 aromatic rings. The molecule has 0 fully saturated rings. The summed E-state index contributed by atoms with van der Waals surface area (Å²) in [5.41, 5.74) is 6.11. The molecule has 0 saturated carbocycles. The largest absolute Gasteiger partial charge is 0.278 e. The molecule has 3 rings (SSSR count). The van der Waals surface area contributed by atoms with Crippen molar-refractivity contribution in [3.63, 3.8) is 0 Å². The van der Waals surface area contributed by atoms with Gasteiger partial charge in [-0.25, -0.2) is 0 Å². The summed E-state index contributed by atoms with van der Waals surface area (Å²) in [5.74, 6) is 0. The smallest absolute Gasteiger partial charge is 0.0744 e. The lowest BCUT2D eigenvalue weighted by Gasteiger charge is -2.29. The van der Waals surface area contributed by atoms with Gasteiger partial charge in [0.15, 0.2) is 0 Å². The summed E-state index contributed by atoms with van der Waals surface area (Å²) in [7, 11) is 0. The van der Waals surface area contributed by atoms with E-state index in [1.54, 1.807) is 0 Å². The van der Waals surface area contributed by atoms with Crippen molar-refractivity contribution >= 4 is 5.71 Å². The van der Waals surface area contributed by atoms with Crippen LogP contribution >= 0.6 is 0 Å². The van der Waals surface area contributed by atoms with Crippen molar-refractivity contribution in [1.29, 1.82) is 0 Å². The highest BCUT2D eigenvalue weighted by Gasteiger charge is 2.27. The van der Waals surface area contributed by atoms with Crippen molar-refractivity contribution in [2.24, 2.45) is 4.99 Å². The molecule has 0 saturated heterocycles. The number of pyridine rings is 1. The first kappa shape index (κ1) is 14.0. The molecule has 0 amide bonds. The van der Waals surface area contributed by atoms with E-state index in [9.17, 15) is 0 Å². The lowest BCUT2D eigenvalue weighted by molar-refractivity contribution is 0.513. The molecule has 0 radical (unpaired) electrons. The SMILES string of the molecule is CCCc1cncc(C2=NC(C)(C)Cc3ccccc32)c1. The predicted molar refractivity (Wildman–Crippen MR) is 88.1 cm³/mol. The van der Waals surface area contributed by atoms with Crippen molar-refractivity contribution < 1.29 is 0 Å². The van der Waals surface area contributed by atoms with E-state index in [0.717, 1.165) is 30.5 Å². The predicted octanol–water partition coefficient (Wildman–Crippen LogP) is 4.21. The van der Waals surface area contributed by atoms with E-state index in [4.69, 9.17) is 4.99 Å². The van der Waals surface area contributed by atoms with Gasteiger partial charge in [-0.05, 0) is 43.9 Å². The summed E-state index contributed by atoms with van der Waals surface area (Å²) in [6.07, 6.45) is 7.11. The Balaban J connectivity index is 2.11. The highest BCUT2D eigenvalue weighted by atomic mass is 14.9. The minimum absolute atomic E-state index is 0.0511. The Morgan fingerprint density at radius 3 is 2.76 bits per heavy atom. The van der Waals surface area contributed by atoms with Crippen LogP contribution in [0.15, 0.2) is 47.7 Å². The van der Waals surface area contributed by atoms with Gasteiger partial charge in [0, 0.05) is 23.5 Å². The molecular formula is C19H22N2. The van der Waals surface area contributed by atoms with Gasteiger partial charge in [-0.3, -0.25) is 9.98 Å². The number of aliphatic imine (C=N–C) groups is 1. The number of benzene rings is 1. The van der Waals surface area contributed by atoms with Crippen molar-refractivity contribution in [2.45, 2.75) is 45.6 Å². The van der Waals surface area contributed by atoms with E-state index in [1.807, 2.05) is 12.4 Å². The number of hydrogen-bond acceptors (Lipinski definition) is 2. The van der Waals surface area contributed by atoms with Crippen molar-refractivity contribution in [3.05, 3.63) is 65.0 Å². The third-order valence-corrected chi connectivity index (χ3v) is 3.92. The van der Waals surface area contributed by atoms with Crippen LogP contribution in [0.5, 0.6) is 0 Å². The van der Waals surface area contributed by atoms with Gasteiger partial charge in [-0.1, -0.05) is 37.6 Å². The lowest BCUT2D eigenvalue weighted by Crippen LogP contribution is -2.29. The van der Waals surface area contributed by atoms with Crippen LogP contribution in [0.1, 0.15) is 49.4 Å². The molecule has 2 heterocycles. The third kappa shape index (κ3) is 2.90. The number of rotatable bonds is 3. The molecule has 0 N–H and O–H groups in total. The van der Waals surface area contributed by atoms with Crippen LogP contribution < -0.4 is 0 Å². The maximum Gasteiger partial charge on any atom is 0.0744 e. The minimum atomic E-state index is -0.0511. The molecule has 1 aromatic carbocycles. The summed E-state index contributed by atoms with van der Waals surface area (Å²) < 4.78 is 0. The Kier molecular flexibility index (Phi) is 3.62. The fourth-order valence-corrected chi connectivity index (χ4v) is 3.04. The monoisotopic (exact) mass is 278 g/mol. The summed E-state index contributed by atoms with van der Waals surface area (Å²) >= 11 is 0. The molecule has 2 nitrogen and oxygen atoms in total. The van der Waals surface area contributed by atoms with E-state index in [2.05, 4.69) is 56.1 Å². The van der Waals surface area contributed by atoms with Gasteiger partial charge in [-0.2, -0.15) is 0 Å². The van der Waals surface area contributed by atoms with Crippen LogP contribution in [-0.2, 0) is 12.8 Å². The second-order valence-electron chi connectivity index (χ2n) is 6.44. The van der Waals surface area contributed by atoms with Gasteiger partial charge in [0.25, 0.3) is 0 Å². The zero-order valence-electron chi connectivity index (χ0n) is 13.1. The summed E-state index contributed by atoms with van der Waals surface area (Å²) in [5, 5.41) is 0. The first-order valence-electron chi connectivity index (χ1n) is 7.71. The molecule has 1 aliphatic heterocycles. The molecule has 0 bridgehead atoms. The second-order valence-corrected chi connectivity index (χ2v) is 6.44. The van der Waals surface area contributed by atoms with Crippen LogP contribution in [0.3, 0.4) is 0 Å². The Morgan fingerprint density at radius 1 is 1.14 bits per heavy atom. The van der Waals surface area contributed by atoms with E-state index in [-0.39, 0.29) is 5.54 Å². The molecular weight excluding hydrogens is 256 g/mol. The quantitative estimate of drug-likeness (QED) is 0.825. The van der Waals surface area contributed by atoms with E-state index < -0.39 is 0 Å². The van der Waals surface area contributed by atoms with Crippen LogP contribution in [0.25, 0.3) is 0 Å². The second kappa shape index (κ2) is 5.44. The van der Waals surface area contributed by atoms with Gasteiger partial charge in [-0.15, -0.1) is 0 Å². The zero-order valence-corrected chi connectivity index (χ0v) is 13.1. The van der Waals surface area contributed by atoms with E-state index >= 15 is 0 Å². The topological polar surface area (TPSA) is 25.2 Å². The third-order valence-electron chi connectivity index (χ3n) is 3.92. The standard InChI is InChI=1S/C19H22N2/c1-4-7-14-10-16(13-20-12-14)18-17-9-6-5-8-15(17)11-19(2,3)21-18/h5-6,8-10,12-13H,4,7,11H2,1-3H3. The van der Waals surface area contributed by atoms with E-state index in [0.29, 0.717) is 0 Å². The maximum atomic E-state index is 5.00. The highest BCUT2D eigenvalue weighted by Crippen LogP contribution is 2.29. The Hall–Kier alpha value is -1.96. The number of nitrogens with zero attached hydrogens (tertiary/aromatic N) is 2. The van der Waals surface area contributed by atoms with Crippen LogP contribution in [0.4, 0.5) is 0 Å². The summed E-state index contributed by atoms with van der Waals surface area (Å²) in [6.45, 7) is 6.60. The molecule has 0 aliphatic carbocycles. The maximum absolute atomic E-state index is 5.00. The van der Waals surface area contributed by atoms with Crippen LogP contribution in [0.2, 0.25) is 0 Å². The Bertz CT molecular complexity index is 683. The first-order valence-corrected chi connectivity index (χ1v) is 7.71. The normalized spacial score (nSPS) is 16.2. The van der Waals surface area contributed by atoms with Crippen molar-refractivity contribution in [1.82, 2.24) is 4.98 Å². The molecule has 0 unspecified atom stereocenters. The molecule has 1 aliphatic rings. The molecule has 108 valence electrons. The van der Waals surface area contributed by atoms with Crippen molar-refractivity contribution in [3.8, 4) is 0 Å². The van der Waals surface area contributed by atoms with E-state index in [1.165, 1.54) is 16.7 Å². The highest BCUT2D eigenvalue weighted by molar-refractivity contribution is 6.14. The molecule has 0 atom stereocenters. The molecule has 0 spiro atoms. The van der Waals surface area contributed by atoms with Gasteiger partial charge < -0.3 is 0 Å². The summed E-state index contributed by atoms with van der Waals surface area (Å²) in [6, 6.07) is 10.8. The Morgan fingerprint density at radius 2 is 1.95 bits per heavy atom. The number of aryl methyl sites for hydroxylation is 1. The number of fused-ring (bicyclic) bond motifs is 1. The minimum Gasteiger partial charge on any atom is -0.278 e. The number of aromatic nitrogens is 1. The average molecular weight is 278 g/mol. The first-order chi connectivity index (χ1) is 10.1. The average Bonchev–Trinajstić information content (AvgIpc) is 2.46. The lowest BCUT2D eigenvalue weighted by atomic mass is 9.85. The molecule has 2 heteroatoms. The van der Waals surface area contributed by atoms with Gasteiger partial charge in [0.2, 0.25) is 0 Å². The van der Waals surface area contributed by atoms with Gasteiger partial charge >= 0.3 is 0 Å².